The van der Waals surface area contributed by atoms with Gasteiger partial charge in [0.25, 0.3) is 5.91 Å². The molecule has 7 heteroatoms. The number of amides is 1. The summed E-state index contributed by atoms with van der Waals surface area (Å²) in [4.78, 5) is 11.5. The average Bonchev–Trinajstić information content (AvgIpc) is 2.70. The molecular formula is C22H28N2O5. The summed E-state index contributed by atoms with van der Waals surface area (Å²) in [6, 6.07) is 10.9. The predicted molar refractivity (Wildman–Crippen MR) is 111 cm³/mol. The summed E-state index contributed by atoms with van der Waals surface area (Å²) in [5.74, 6) is 0.900. The van der Waals surface area contributed by atoms with E-state index in [1.165, 1.54) is 17.7 Å². The average molecular weight is 400 g/mol. The first-order chi connectivity index (χ1) is 13.8. The Hall–Kier alpha value is -2.77. The van der Waals surface area contributed by atoms with Crippen LogP contribution in [0.2, 0.25) is 0 Å². The molecule has 0 spiro atoms. The van der Waals surface area contributed by atoms with E-state index in [1.54, 1.807) is 7.11 Å². The van der Waals surface area contributed by atoms with E-state index in [0.717, 1.165) is 18.6 Å². The third-order valence-corrected chi connectivity index (χ3v) is 5.03. The maximum Gasteiger partial charge on any atom is 0.262 e. The quantitative estimate of drug-likeness (QED) is 0.544. The Balaban J connectivity index is 1.62. The maximum atomic E-state index is 11.5. The first kappa shape index (κ1) is 21.0. The third-order valence-electron chi connectivity index (χ3n) is 5.03. The van der Waals surface area contributed by atoms with E-state index in [4.69, 9.17) is 9.47 Å². The fourth-order valence-corrected chi connectivity index (χ4v) is 3.32. The number of phenolic OH excluding ortho intramolecular Hbond substituents is 1. The molecule has 3 rings (SSSR count). The number of phenols is 1. The van der Waals surface area contributed by atoms with E-state index in [2.05, 4.69) is 30.5 Å². The number of β-amino-alcohol motifs (C(OH)–C–C–N with tert-alkyl or cyclic N) is 1. The number of aliphatic hydroxyl groups is 1. The number of aliphatic hydroxyl groups excluding tert-OH is 1. The van der Waals surface area contributed by atoms with Crippen LogP contribution in [0.25, 0.3) is 0 Å². The highest BCUT2D eigenvalue weighted by molar-refractivity contribution is 5.96. The minimum absolute atomic E-state index is 0.0408. The van der Waals surface area contributed by atoms with Gasteiger partial charge >= 0.3 is 0 Å². The number of rotatable bonds is 8. The topological polar surface area (TPSA) is 100 Å². The molecule has 0 aromatic heterocycles. The number of carbonyl (C=O) groups excluding carboxylic acids is 1. The number of carbonyl (C=O) groups is 1. The largest absolute Gasteiger partial charge is 0.508 e. The summed E-state index contributed by atoms with van der Waals surface area (Å²) in [5, 5.41) is 26.7. The van der Waals surface area contributed by atoms with E-state index in [9.17, 15) is 15.0 Å². The number of methoxy groups -OCH3 is 1. The minimum atomic E-state index is -0.901. The Morgan fingerprint density at radius 3 is 2.86 bits per heavy atom. The molecule has 156 valence electrons. The molecule has 1 aliphatic heterocycles. The number of hydrogen-bond donors (Lipinski definition) is 4. The summed E-state index contributed by atoms with van der Waals surface area (Å²) >= 11 is 0. The molecule has 1 aliphatic rings. The van der Waals surface area contributed by atoms with Gasteiger partial charge < -0.3 is 30.3 Å². The highest BCUT2D eigenvalue weighted by atomic mass is 16.5. The number of nitrogens with one attached hydrogen (secondary N) is 2. The molecule has 1 atom stereocenters. The van der Waals surface area contributed by atoms with E-state index in [-0.39, 0.29) is 30.3 Å². The molecule has 0 saturated carbocycles. The Bertz CT molecular complexity index is 882. The molecular weight excluding hydrogens is 372 g/mol. The number of benzene rings is 2. The van der Waals surface area contributed by atoms with Crippen LogP contribution in [0.15, 0.2) is 36.4 Å². The molecule has 0 radical (unpaired) electrons. The van der Waals surface area contributed by atoms with Crippen molar-refractivity contribution < 1.29 is 24.5 Å². The molecule has 1 heterocycles. The minimum Gasteiger partial charge on any atom is -0.508 e. The van der Waals surface area contributed by atoms with Crippen LogP contribution in [0.3, 0.4) is 0 Å². The second-order valence-electron chi connectivity index (χ2n) is 7.88. The lowest BCUT2D eigenvalue weighted by molar-refractivity contribution is -0.118. The van der Waals surface area contributed by atoms with E-state index in [1.807, 2.05) is 18.2 Å². The SMILES string of the molecule is COc1cccc(CCC(C)(C)NCC(O)c2cc(O)cc3c2OCC(=O)N3)c1. The van der Waals surface area contributed by atoms with Crippen molar-refractivity contribution >= 4 is 11.6 Å². The molecule has 4 N–H and O–H groups in total. The number of aromatic hydroxyl groups is 1. The molecule has 0 bridgehead atoms. The Labute approximate surface area is 170 Å². The zero-order chi connectivity index (χ0) is 21.0. The molecule has 1 amide bonds. The summed E-state index contributed by atoms with van der Waals surface area (Å²) in [5.41, 5.74) is 1.77. The van der Waals surface area contributed by atoms with Crippen molar-refractivity contribution in [2.75, 3.05) is 25.6 Å². The number of aryl methyl sites for hydroxylation is 1. The smallest absolute Gasteiger partial charge is 0.262 e. The van der Waals surface area contributed by atoms with Crippen LogP contribution in [0.1, 0.15) is 37.5 Å². The number of anilines is 1. The van der Waals surface area contributed by atoms with Gasteiger partial charge in [-0.05, 0) is 50.5 Å². The molecule has 2 aromatic rings. The van der Waals surface area contributed by atoms with Gasteiger partial charge in [-0.25, -0.2) is 0 Å². The summed E-state index contributed by atoms with van der Waals surface area (Å²) < 4.78 is 10.7. The predicted octanol–water partition coefficient (Wildman–Crippen LogP) is 2.77. The van der Waals surface area contributed by atoms with Crippen LogP contribution in [0.5, 0.6) is 17.2 Å². The normalized spacial score (nSPS) is 14.6. The standard InChI is InChI=1S/C22H28N2O5/c1-22(2,8-7-14-5-4-6-16(9-14)28-3)23-12-19(26)17-10-15(25)11-18-21(17)29-13-20(27)24-18/h4-6,9-11,19,23,25-26H,7-8,12-13H2,1-3H3,(H,24,27). The highest BCUT2D eigenvalue weighted by Crippen LogP contribution is 2.38. The van der Waals surface area contributed by atoms with Crippen molar-refractivity contribution in [3.63, 3.8) is 0 Å². The lowest BCUT2D eigenvalue weighted by Crippen LogP contribution is -2.42. The fourth-order valence-electron chi connectivity index (χ4n) is 3.32. The van der Waals surface area contributed by atoms with E-state index in [0.29, 0.717) is 17.0 Å². The molecule has 7 nitrogen and oxygen atoms in total. The molecule has 1 unspecified atom stereocenters. The molecule has 2 aromatic carbocycles. The zero-order valence-corrected chi connectivity index (χ0v) is 17.0. The van der Waals surface area contributed by atoms with Crippen LogP contribution in [0.4, 0.5) is 5.69 Å². The highest BCUT2D eigenvalue weighted by Gasteiger charge is 2.26. The van der Waals surface area contributed by atoms with Crippen molar-refractivity contribution in [1.82, 2.24) is 5.32 Å². The van der Waals surface area contributed by atoms with Crippen LogP contribution in [-0.2, 0) is 11.2 Å². The van der Waals surface area contributed by atoms with Gasteiger partial charge in [-0.3, -0.25) is 4.79 Å². The van der Waals surface area contributed by atoms with Crippen molar-refractivity contribution in [3.8, 4) is 17.2 Å². The molecule has 29 heavy (non-hydrogen) atoms. The molecule has 0 fully saturated rings. The summed E-state index contributed by atoms with van der Waals surface area (Å²) in [7, 11) is 1.65. The van der Waals surface area contributed by atoms with E-state index < -0.39 is 6.10 Å². The van der Waals surface area contributed by atoms with Crippen molar-refractivity contribution in [2.24, 2.45) is 0 Å². The van der Waals surface area contributed by atoms with Gasteiger partial charge in [0.1, 0.15) is 17.2 Å². The van der Waals surface area contributed by atoms with E-state index >= 15 is 0 Å². The van der Waals surface area contributed by atoms with Gasteiger partial charge in [0, 0.05) is 23.7 Å². The van der Waals surface area contributed by atoms with Crippen LogP contribution in [0, 0.1) is 0 Å². The maximum absolute atomic E-state index is 11.5. The Morgan fingerprint density at radius 1 is 1.31 bits per heavy atom. The van der Waals surface area contributed by atoms with Crippen LogP contribution in [-0.4, -0.2) is 41.9 Å². The van der Waals surface area contributed by atoms with Gasteiger partial charge in [0.05, 0.1) is 18.9 Å². The van der Waals surface area contributed by atoms with Crippen molar-refractivity contribution in [2.45, 2.75) is 38.3 Å². The summed E-state index contributed by atoms with van der Waals surface area (Å²) in [6.07, 6.45) is 0.823. The number of fused-ring (bicyclic) bond motifs is 1. The van der Waals surface area contributed by atoms with Gasteiger partial charge in [0.15, 0.2) is 6.61 Å². The van der Waals surface area contributed by atoms with Crippen molar-refractivity contribution in [1.29, 1.82) is 0 Å². The van der Waals surface area contributed by atoms with Crippen LogP contribution >= 0.6 is 0 Å². The van der Waals surface area contributed by atoms with Gasteiger partial charge in [-0.1, -0.05) is 12.1 Å². The first-order valence-electron chi connectivity index (χ1n) is 9.63. The second-order valence-corrected chi connectivity index (χ2v) is 7.88. The molecule has 0 saturated heterocycles. The Kier molecular flexibility index (Phi) is 6.30. The lowest BCUT2D eigenvalue weighted by Gasteiger charge is -2.29. The summed E-state index contributed by atoms with van der Waals surface area (Å²) in [6.45, 7) is 4.32. The van der Waals surface area contributed by atoms with Gasteiger partial charge in [-0.2, -0.15) is 0 Å². The Morgan fingerprint density at radius 2 is 2.10 bits per heavy atom. The van der Waals surface area contributed by atoms with Gasteiger partial charge in [-0.15, -0.1) is 0 Å². The lowest BCUT2D eigenvalue weighted by atomic mass is 9.94. The number of ether oxygens (including phenoxy) is 2. The monoisotopic (exact) mass is 400 g/mol. The first-order valence-corrected chi connectivity index (χ1v) is 9.63. The molecule has 0 aliphatic carbocycles. The van der Waals surface area contributed by atoms with Gasteiger partial charge in [0.2, 0.25) is 0 Å². The van der Waals surface area contributed by atoms with Crippen molar-refractivity contribution in [3.05, 3.63) is 47.5 Å². The zero-order valence-electron chi connectivity index (χ0n) is 17.0. The fraction of sp³-hybridized carbons (Fsp3) is 0.409. The number of hydrogen-bond acceptors (Lipinski definition) is 6. The second kappa shape index (κ2) is 8.71. The third kappa shape index (κ3) is 5.40. The van der Waals surface area contributed by atoms with Crippen LogP contribution < -0.4 is 20.1 Å².